The van der Waals surface area contributed by atoms with Gasteiger partial charge in [0.25, 0.3) is 0 Å². The van der Waals surface area contributed by atoms with Gasteiger partial charge in [-0.2, -0.15) is 0 Å². The SMILES string of the molecule is O=S(=O)(CCOc1ccccc1)Nc1ccncc1. The lowest BCUT2D eigenvalue weighted by molar-refractivity contribution is 0.341. The van der Waals surface area contributed by atoms with Gasteiger partial charge < -0.3 is 4.74 Å². The molecule has 0 spiro atoms. The van der Waals surface area contributed by atoms with Crippen LogP contribution in [0.2, 0.25) is 0 Å². The number of ether oxygens (including phenoxy) is 1. The van der Waals surface area contributed by atoms with E-state index in [0.717, 1.165) is 0 Å². The average Bonchev–Trinajstić information content (AvgIpc) is 2.40. The maximum absolute atomic E-state index is 11.8. The first-order valence-corrected chi connectivity index (χ1v) is 7.39. The summed E-state index contributed by atoms with van der Waals surface area (Å²) >= 11 is 0. The first-order valence-electron chi connectivity index (χ1n) is 5.74. The molecule has 1 heterocycles. The van der Waals surface area contributed by atoms with Gasteiger partial charge in [-0.3, -0.25) is 9.71 Å². The van der Waals surface area contributed by atoms with Crippen molar-refractivity contribution in [3.8, 4) is 5.75 Å². The Morgan fingerprint density at radius 3 is 2.42 bits per heavy atom. The van der Waals surface area contributed by atoms with Crippen LogP contribution in [0.1, 0.15) is 0 Å². The number of rotatable bonds is 6. The Labute approximate surface area is 112 Å². The molecular weight excluding hydrogens is 264 g/mol. The maximum Gasteiger partial charge on any atom is 0.236 e. The topological polar surface area (TPSA) is 68.3 Å². The van der Waals surface area contributed by atoms with Gasteiger partial charge in [-0.25, -0.2) is 8.42 Å². The number of hydrogen-bond acceptors (Lipinski definition) is 4. The third-order valence-corrected chi connectivity index (χ3v) is 3.57. The number of benzene rings is 1. The van der Waals surface area contributed by atoms with E-state index in [2.05, 4.69) is 9.71 Å². The summed E-state index contributed by atoms with van der Waals surface area (Å²) in [6, 6.07) is 12.3. The standard InChI is InChI=1S/C13H14N2O3S/c16-19(17,15-12-6-8-14-9-7-12)11-10-18-13-4-2-1-3-5-13/h1-9H,10-11H2,(H,14,15). The molecule has 0 amide bonds. The molecule has 0 aliphatic carbocycles. The van der Waals surface area contributed by atoms with Crippen molar-refractivity contribution in [1.29, 1.82) is 0 Å². The second-order valence-corrected chi connectivity index (χ2v) is 5.66. The monoisotopic (exact) mass is 278 g/mol. The molecule has 2 rings (SSSR count). The molecule has 0 unspecified atom stereocenters. The average molecular weight is 278 g/mol. The first kappa shape index (κ1) is 13.4. The van der Waals surface area contributed by atoms with Crippen LogP contribution < -0.4 is 9.46 Å². The van der Waals surface area contributed by atoms with Gasteiger partial charge >= 0.3 is 0 Å². The van der Waals surface area contributed by atoms with Gasteiger partial charge in [-0.1, -0.05) is 18.2 Å². The molecule has 1 aromatic carbocycles. The predicted octanol–water partition coefficient (Wildman–Crippen LogP) is 1.90. The van der Waals surface area contributed by atoms with E-state index in [1.807, 2.05) is 18.2 Å². The molecule has 6 heteroatoms. The summed E-state index contributed by atoms with van der Waals surface area (Å²) in [7, 11) is -3.41. The number of pyridine rings is 1. The number of sulfonamides is 1. The summed E-state index contributed by atoms with van der Waals surface area (Å²) in [6.45, 7) is 0.102. The number of anilines is 1. The molecule has 0 aliphatic rings. The Bertz CT molecular complexity index is 600. The second kappa shape index (κ2) is 6.19. The molecule has 0 bridgehead atoms. The molecule has 0 fully saturated rings. The quantitative estimate of drug-likeness (QED) is 0.876. The van der Waals surface area contributed by atoms with Crippen LogP contribution in [-0.2, 0) is 10.0 Å². The van der Waals surface area contributed by atoms with Crippen molar-refractivity contribution in [1.82, 2.24) is 4.98 Å². The highest BCUT2D eigenvalue weighted by Gasteiger charge is 2.10. The lowest BCUT2D eigenvalue weighted by Gasteiger charge is -2.09. The Balaban J connectivity index is 1.85. The van der Waals surface area contributed by atoms with E-state index in [1.165, 1.54) is 12.4 Å². The molecule has 1 N–H and O–H groups in total. The second-order valence-electron chi connectivity index (χ2n) is 3.82. The van der Waals surface area contributed by atoms with Gasteiger partial charge in [0.1, 0.15) is 18.1 Å². The van der Waals surface area contributed by atoms with E-state index < -0.39 is 10.0 Å². The molecule has 0 saturated heterocycles. The molecule has 0 radical (unpaired) electrons. The van der Waals surface area contributed by atoms with Crippen LogP contribution in [0.3, 0.4) is 0 Å². The lowest BCUT2D eigenvalue weighted by Crippen LogP contribution is -2.21. The Morgan fingerprint density at radius 2 is 1.74 bits per heavy atom. The fraction of sp³-hybridized carbons (Fsp3) is 0.154. The number of aromatic nitrogens is 1. The van der Waals surface area contributed by atoms with E-state index in [1.54, 1.807) is 24.3 Å². The molecule has 0 saturated carbocycles. The Kier molecular flexibility index (Phi) is 4.35. The fourth-order valence-corrected chi connectivity index (χ4v) is 2.34. The van der Waals surface area contributed by atoms with Gasteiger partial charge in [0, 0.05) is 12.4 Å². The minimum Gasteiger partial charge on any atom is -0.492 e. The summed E-state index contributed by atoms with van der Waals surface area (Å²) < 4.78 is 31.4. The minimum absolute atomic E-state index is 0.102. The predicted molar refractivity (Wildman–Crippen MR) is 73.6 cm³/mol. The van der Waals surface area contributed by atoms with E-state index in [4.69, 9.17) is 4.74 Å². The Morgan fingerprint density at radius 1 is 1.05 bits per heavy atom. The van der Waals surface area contributed by atoms with E-state index in [-0.39, 0.29) is 12.4 Å². The van der Waals surface area contributed by atoms with Crippen molar-refractivity contribution in [2.45, 2.75) is 0 Å². The van der Waals surface area contributed by atoms with Crippen LogP contribution in [0.15, 0.2) is 54.9 Å². The van der Waals surface area contributed by atoms with Crippen LogP contribution in [0.5, 0.6) is 5.75 Å². The molecule has 1 aromatic heterocycles. The van der Waals surface area contributed by atoms with Crippen LogP contribution >= 0.6 is 0 Å². The number of nitrogens with one attached hydrogen (secondary N) is 1. The number of nitrogens with zero attached hydrogens (tertiary/aromatic N) is 1. The van der Waals surface area contributed by atoms with Gasteiger partial charge in [0.15, 0.2) is 0 Å². The van der Waals surface area contributed by atoms with Crippen molar-refractivity contribution >= 4 is 15.7 Å². The summed E-state index contributed by atoms with van der Waals surface area (Å²) in [5.41, 5.74) is 0.495. The molecule has 100 valence electrons. The summed E-state index contributed by atoms with van der Waals surface area (Å²) in [6.07, 6.45) is 3.05. The molecule has 2 aromatic rings. The minimum atomic E-state index is -3.41. The highest BCUT2D eigenvalue weighted by atomic mass is 32.2. The van der Waals surface area contributed by atoms with E-state index >= 15 is 0 Å². The van der Waals surface area contributed by atoms with Crippen molar-refractivity contribution in [2.75, 3.05) is 17.1 Å². The highest BCUT2D eigenvalue weighted by Crippen LogP contribution is 2.09. The van der Waals surface area contributed by atoms with Gasteiger partial charge in [0.05, 0.1) is 5.69 Å². The third kappa shape index (κ3) is 4.59. The highest BCUT2D eigenvalue weighted by molar-refractivity contribution is 7.92. The maximum atomic E-state index is 11.8. The van der Waals surface area contributed by atoms with E-state index in [9.17, 15) is 8.42 Å². The number of para-hydroxylation sites is 1. The Hall–Kier alpha value is -2.08. The zero-order chi connectivity index (χ0) is 13.6. The van der Waals surface area contributed by atoms with E-state index in [0.29, 0.717) is 11.4 Å². The summed E-state index contributed by atoms with van der Waals surface area (Å²) in [5.74, 6) is 0.547. The summed E-state index contributed by atoms with van der Waals surface area (Å²) in [4.78, 5) is 3.82. The lowest BCUT2D eigenvalue weighted by atomic mass is 10.3. The van der Waals surface area contributed by atoms with Crippen molar-refractivity contribution in [3.05, 3.63) is 54.9 Å². The third-order valence-electron chi connectivity index (χ3n) is 2.32. The van der Waals surface area contributed by atoms with Crippen molar-refractivity contribution in [3.63, 3.8) is 0 Å². The molecule has 0 atom stereocenters. The first-order chi connectivity index (χ1) is 9.16. The van der Waals surface area contributed by atoms with Crippen LogP contribution in [-0.4, -0.2) is 25.8 Å². The smallest absolute Gasteiger partial charge is 0.236 e. The number of hydrogen-bond donors (Lipinski definition) is 1. The van der Waals surface area contributed by atoms with Gasteiger partial charge in [-0.05, 0) is 24.3 Å². The molecule has 19 heavy (non-hydrogen) atoms. The van der Waals surface area contributed by atoms with Gasteiger partial charge in [-0.15, -0.1) is 0 Å². The van der Waals surface area contributed by atoms with Crippen molar-refractivity contribution in [2.24, 2.45) is 0 Å². The largest absolute Gasteiger partial charge is 0.492 e. The van der Waals surface area contributed by atoms with Gasteiger partial charge in [0.2, 0.25) is 10.0 Å². The normalized spacial score (nSPS) is 10.9. The summed E-state index contributed by atoms with van der Waals surface area (Å²) in [5, 5.41) is 0. The van der Waals surface area contributed by atoms with Crippen LogP contribution in [0.25, 0.3) is 0 Å². The fourth-order valence-electron chi connectivity index (χ4n) is 1.44. The zero-order valence-electron chi connectivity index (χ0n) is 10.2. The van der Waals surface area contributed by atoms with Crippen molar-refractivity contribution < 1.29 is 13.2 Å². The zero-order valence-corrected chi connectivity index (χ0v) is 11.0. The molecule has 0 aliphatic heterocycles. The molecular formula is C13H14N2O3S. The molecule has 5 nitrogen and oxygen atoms in total. The van der Waals surface area contributed by atoms with Crippen LogP contribution in [0, 0.1) is 0 Å². The van der Waals surface area contributed by atoms with Crippen LogP contribution in [0.4, 0.5) is 5.69 Å².